The molecule has 0 aliphatic carbocycles. The Morgan fingerprint density at radius 3 is 2.06 bits per heavy atom. The van der Waals surface area contributed by atoms with Crippen molar-refractivity contribution in [3.63, 3.8) is 0 Å². The highest BCUT2D eigenvalue weighted by Gasteiger charge is 2.11. The van der Waals surface area contributed by atoms with E-state index in [1.54, 1.807) is 21.3 Å². The molecule has 35 heavy (non-hydrogen) atoms. The fraction of sp³-hybridized carbons (Fsp3) is 0.160. The number of aryl methyl sites for hydroxylation is 1. The minimum absolute atomic E-state index is 0.642. The van der Waals surface area contributed by atoms with Gasteiger partial charge in [-0.2, -0.15) is 14.0 Å². The summed E-state index contributed by atoms with van der Waals surface area (Å²) in [6, 6.07) is 21.4. The molecule has 1 N–H and O–H groups in total. The summed E-state index contributed by atoms with van der Waals surface area (Å²) >= 11 is 0. The average molecular weight is 502 g/mol. The maximum atomic E-state index is 8.60. The van der Waals surface area contributed by atoms with Crippen LogP contribution >= 0.6 is 0 Å². The van der Waals surface area contributed by atoms with Crippen molar-refractivity contribution in [1.29, 1.82) is 0 Å². The number of halogens is 1. The van der Waals surface area contributed by atoms with Crippen molar-refractivity contribution < 1.29 is 47.5 Å². The fourth-order valence-corrected chi connectivity index (χ4v) is 3.30. The van der Waals surface area contributed by atoms with E-state index in [1.165, 1.54) is 0 Å². The first-order valence-corrected chi connectivity index (χ1v) is 11.5. The Labute approximate surface area is 203 Å². The maximum Gasteiger partial charge on any atom is 0.161 e. The van der Waals surface area contributed by atoms with Crippen molar-refractivity contribution in [3.8, 4) is 28.6 Å². The average Bonchev–Trinajstić information content (AvgIpc) is 2.83. The van der Waals surface area contributed by atoms with Gasteiger partial charge in [-0.25, -0.2) is 4.99 Å². The molecule has 0 atom stereocenters. The lowest BCUT2D eigenvalue weighted by molar-refractivity contribution is -1.92. The quantitative estimate of drug-likeness (QED) is 0.434. The van der Waals surface area contributed by atoms with Crippen molar-refractivity contribution in [2.24, 2.45) is 4.99 Å². The number of ether oxygens (including phenoxy) is 3. The van der Waals surface area contributed by atoms with Gasteiger partial charge < -0.3 is 18.6 Å². The number of hydrogen-bond acceptors (Lipinski definition) is 9. The Morgan fingerprint density at radius 2 is 1.46 bits per heavy atom. The van der Waals surface area contributed by atoms with Gasteiger partial charge in [0.05, 0.1) is 47.3 Å². The number of rotatable bonds is 5. The summed E-state index contributed by atoms with van der Waals surface area (Å²) in [6.45, 7) is 2.05. The van der Waals surface area contributed by atoms with Crippen LogP contribution in [0.3, 0.4) is 0 Å². The molecule has 10 heteroatoms. The van der Waals surface area contributed by atoms with Gasteiger partial charge in [-0.15, -0.1) is 0 Å². The van der Waals surface area contributed by atoms with Crippen molar-refractivity contribution in [1.82, 2.24) is 0 Å². The Balaban J connectivity index is 0.000000623. The SMILES string of the molecule is COc1ccc(N=c2cc(-c3ccc(OC)c(OC)c3)oc3ccc(C)cc23)cc1.[O-][Cl+3]([O-])([O-])O. The lowest BCUT2D eigenvalue weighted by Crippen LogP contribution is -2.58. The Morgan fingerprint density at radius 1 is 0.800 bits per heavy atom. The molecule has 0 fully saturated rings. The molecule has 0 aliphatic rings. The van der Waals surface area contributed by atoms with E-state index in [-0.39, 0.29) is 0 Å². The third-order valence-electron chi connectivity index (χ3n) is 4.89. The predicted molar refractivity (Wildman–Crippen MR) is 120 cm³/mol. The predicted octanol–water partition coefficient (Wildman–Crippen LogP) is 1.54. The second-order valence-electron chi connectivity index (χ2n) is 7.27. The van der Waals surface area contributed by atoms with Crippen LogP contribution in [0.25, 0.3) is 22.3 Å². The molecule has 1 heterocycles. The highest BCUT2D eigenvalue weighted by molar-refractivity contribution is 5.79. The molecule has 3 aromatic carbocycles. The van der Waals surface area contributed by atoms with Gasteiger partial charge in [0.1, 0.15) is 17.1 Å². The first kappa shape index (κ1) is 26.0. The van der Waals surface area contributed by atoms with Crippen LogP contribution in [0.4, 0.5) is 5.69 Å². The van der Waals surface area contributed by atoms with Crippen LogP contribution in [0.2, 0.25) is 0 Å². The first-order valence-electron chi connectivity index (χ1n) is 10.2. The van der Waals surface area contributed by atoms with Gasteiger partial charge >= 0.3 is 0 Å². The fourth-order valence-electron chi connectivity index (χ4n) is 3.30. The highest BCUT2D eigenvalue weighted by Crippen LogP contribution is 2.33. The molecule has 1 aromatic heterocycles. The van der Waals surface area contributed by atoms with Crippen molar-refractivity contribution in [2.45, 2.75) is 6.92 Å². The summed E-state index contributed by atoms with van der Waals surface area (Å²) in [5, 5.41) is 1.78. The molecular weight excluding hydrogens is 478 g/mol. The van der Waals surface area contributed by atoms with E-state index >= 15 is 0 Å². The van der Waals surface area contributed by atoms with Gasteiger partial charge in [0.2, 0.25) is 0 Å². The van der Waals surface area contributed by atoms with Crippen LogP contribution < -0.4 is 33.5 Å². The molecule has 0 radical (unpaired) electrons. The van der Waals surface area contributed by atoms with Gasteiger partial charge in [-0.05, 0) is 61.5 Å². The molecule has 0 saturated heterocycles. The van der Waals surface area contributed by atoms with Gasteiger partial charge in [0, 0.05) is 17.0 Å². The highest BCUT2D eigenvalue weighted by atomic mass is 35.7. The number of nitrogens with zero attached hydrogens (tertiary/aromatic N) is 1. The molecule has 0 unspecified atom stereocenters. The third kappa shape index (κ3) is 7.19. The van der Waals surface area contributed by atoms with Crippen LogP contribution in [-0.4, -0.2) is 26.0 Å². The van der Waals surface area contributed by atoms with Gasteiger partial charge in [0.15, 0.2) is 11.5 Å². The van der Waals surface area contributed by atoms with Crippen LogP contribution in [-0.2, 0) is 0 Å². The van der Waals surface area contributed by atoms with E-state index in [0.717, 1.165) is 38.9 Å². The van der Waals surface area contributed by atoms with Crippen LogP contribution in [0.1, 0.15) is 5.56 Å². The molecule has 4 rings (SSSR count). The Hall–Kier alpha value is -3.60. The zero-order chi connectivity index (χ0) is 25.6. The number of hydrogen-bond donors (Lipinski definition) is 1. The molecule has 0 spiro atoms. The van der Waals surface area contributed by atoms with E-state index in [4.69, 9.17) is 42.3 Å². The molecule has 0 amide bonds. The van der Waals surface area contributed by atoms with Crippen LogP contribution in [0.15, 0.2) is 76.1 Å². The Bertz CT molecular complexity index is 1360. The van der Waals surface area contributed by atoms with Gasteiger partial charge in [-0.3, -0.25) is 0 Å². The van der Waals surface area contributed by atoms with E-state index < -0.39 is 10.2 Å². The molecular formula is C25H24ClNO8. The van der Waals surface area contributed by atoms with E-state index in [1.807, 2.05) is 60.7 Å². The summed E-state index contributed by atoms with van der Waals surface area (Å²) < 4.78 is 55.0. The summed E-state index contributed by atoms with van der Waals surface area (Å²) in [5.41, 5.74) is 3.62. The molecule has 184 valence electrons. The lowest BCUT2D eigenvalue weighted by atomic mass is 10.1. The number of methoxy groups -OCH3 is 3. The van der Waals surface area contributed by atoms with E-state index in [9.17, 15) is 0 Å². The summed E-state index contributed by atoms with van der Waals surface area (Å²) in [7, 11) is 0.190. The molecule has 9 nitrogen and oxygen atoms in total. The van der Waals surface area contributed by atoms with E-state index in [0.29, 0.717) is 17.3 Å². The summed E-state index contributed by atoms with van der Waals surface area (Å²) in [5.74, 6) is 2.80. The molecule has 0 aliphatic heterocycles. The molecule has 4 aromatic rings. The summed E-state index contributed by atoms with van der Waals surface area (Å²) in [4.78, 5) is 4.88. The zero-order valence-electron chi connectivity index (χ0n) is 19.5. The second kappa shape index (κ2) is 11.2. The minimum atomic E-state index is -4.69. The molecule has 0 bridgehead atoms. The van der Waals surface area contributed by atoms with E-state index in [2.05, 4.69) is 13.0 Å². The molecule has 0 saturated carbocycles. The minimum Gasteiger partial charge on any atom is -0.497 e. The van der Waals surface area contributed by atoms with Gasteiger partial charge in [-0.1, -0.05) is 11.6 Å². The maximum absolute atomic E-state index is 8.60. The topological polar surface area (TPSA) is 143 Å². The van der Waals surface area contributed by atoms with Crippen molar-refractivity contribution in [3.05, 3.63) is 77.7 Å². The van der Waals surface area contributed by atoms with Crippen molar-refractivity contribution in [2.75, 3.05) is 21.3 Å². The zero-order valence-corrected chi connectivity index (χ0v) is 20.2. The number of fused-ring (bicyclic) bond motifs is 1. The summed E-state index contributed by atoms with van der Waals surface area (Å²) in [6.07, 6.45) is 0. The Kier molecular flexibility index (Phi) is 8.34. The van der Waals surface area contributed by atoms with Crippen LogP contribution in [0, 0.1) is 17.2 Å². The largest absolute Gasteiger partial charge is 0.497 e. The van der Waals surface area contributed by atoms with Crippen LogP contribution in [0.5, 0.6) is 17.2 Å². The lowest BCUT2D eigenvalue weighted by Gasteiger charge is -2.10. The number of benzene rings is 3. The monoisotopic (exact) mass is 501 g/mol. The standard InChI is InChI=1S/C25H23NO4.ClHO4/c1-16-5-11-22-20(13-16)21(26-18-7-9-19(27-2)10-8-18)15-24(30-22)17-6-12-23(28-3)25(14-17)29-4;2-1(3,4)5/h5-15H,1-4H3;(H,2,3,4,5). The first-order chi connectivity index (χ1) is 16.6. The van der Waals surface area contributed by atoms with Crippen molar-refractivity contribution >= 4 is 16.7 Å². The van der Waals surface area contributed by atoms with Gasteiger partial charge in [0.25, 0.3) is 0 Å². The second-order valence-corrected chi connectivity index (χ2v) is 8.06. The third-order valence-corrected chi connectivity index (χ3v) is 4.89. The normalized spacial score (nSPS) is 11.6. The smallest absolute Gasteiger partial charge is 0.161 e.